The second-order valence-electron chi connectivity index (χ2n) is 7.34. The van der Waals surface area contributed by atoms with Crippen LogP contribution in [0.4, 0.5) is 5.69 Å². The number of benzene rings is 2. The number of amides is 1. The molecule has 8 heteroatoms. The van der Waals surface area contributed by atoms with Gasteiger partial charge >= 0.3 is 0 Å². The molecule has 2 aromatic carbocycles. The molecule has 5 rings (SSSR count). The Morgan fingerprint density at radius 3 is 2.94 bits per heavy atom. The number of carbonyl (C=O) groups excluding carboxylic acids is 1. The molecule has 1 saturated heterocycles. The average molecular weight is 422 g/mol. The summed E-state index contributed by atoms with van der Waals surface area (Å²) < 4.78 is 27.9. The Labute approximate surface area is 178 Å². The van der Waals surface area contributed by atoms with Crippen molar-refractivity contribution in [3.05, 3.63) is 53.6 Å². The monoisotopic (exact) mass is 422 g/mol. The van der Waals surface area contributed by atoms with Crippen LogP contribution in [-0.4, -0.2) is 39.1 Å². The zero-order chi connectivity index (χ0) is 21.2. The van der Waals surface area contributed by atoms with Crippen LogP contribution in [-0.2, 0) is 4.74 Å². The predicted molar refractivity (Wildman–Crippen MR) is 112 cm³/mol. The zero-order valence-electron chi connectivity index (χ0n) is 17.1. The summed E-state index contributed by atoms with van der Waals surface area (Å²) in [6.07, 6.45) is 1.99. The number of nitrogens with zero attached hydrogens (tertiary/aromatic N) is 1. The van der Waals surface area contributed by atoms with Gasteiger partial charge in [0, 0.05) is 24.6 Å². The number of hydrogen-bond acceptors (Lipinski definition) is 7. The van der Waals surface area contributed by atoms with Crippen LogP contribution >= 0.6 is 0 Å². The summed E-state index contributed by atoms with van der Waals surface area (Å²) in [5.74, 6) is 1.55. The SMILES string of the molecule is COc1cccc2cc(C(=O)NC[C@@H]3CCCO3)c(=Nc3ccc4c(c3)OCO4)oc12. The standard InChI is InChI=1S/C23H22N2O6/c1-27-19-6-2-4-14-10-17(22(26)24-12-16-5-3-9-28-16)23(31-21(14)19)25-15-7-8-18-20(11-15)30-13-29-18/h2,4,6-8,10-11,16H,3,5,9,12-13H2,1H3,(H,24,26)/t16-/m0/s1. The molecule has 2 aliphatic rings. The summed E-state index contributed by atoms with van der Waals surface area (Å²) in [6.45, 7) is 1.35. The van der Waals surface area contributed by atoms with Crippen molar-refractivity contribution in [1.29, 1.82) is 0 Å². The van der Waals surface area contributed by atoms with Crippen LogP contribution in [0, 0.1) is 0 Å². The maximum Gasteiger partial charge on any atom is 0.256 e. The fourth-order valence-corrected chi connectivity index (χ4v) is 3.71. The molecule has 0 radical (unpaired) electrons. The fourth-order valence-electron chi connectivity index (χ4n) is 3.71. The minimum Gasteiger partial charge on any atom is -0.493 e. The molecule has 1 atom stereocenters. The van der Waals surface area contributed by atoms with Crippen molar-refractivity contribution in [2.24, 2.45) is 4.99 Å². The van der Waals surface area contributed by atoms with Gasteiger partial charge in [-0.15, -0.1) is 0 Å². The summed E-state index contributed by atoms with van der Waals surface area (Å²) in [7, 11) is 1.57. The average Bonchev–Trinajstić information content (AvgIpc) is 3.48. The van der Waals surface area contributed by atoms with Crippen LogP contribution in [0.1, 0.15) is 23.2 Å². The molecule has 1 fully saturated rings. The summed E-state index contributed by atoms with van der Waals surface area (Å²) in [5.41, 5.74) is 1.60. The van der Waals surface area contributed by atoms with Crippen molar-refractivity contribution >= 4 is 22.6 Å². The van der Waals surface area contributed by atoms with Gasteiger partial charge in [-0.2, -0.15) is 0 Å². The van der Waals surface area contributed by atoms with Gasteiger partial charge in [0.05, 0.1) is 18.9 Å². The Balaban J connectivity index is 1.58. The quantitative estimate of drug-likeness (QED) is 0.678. The lowest BCUT2D eigenvalue weighted by Gasteiger charge is -2.12. The highest BCUT2D eigenvalue weighted by Gasteiger charge is 2.20. The van der Waals surface area contributed by atoms with E-state index in [9.17, 15) is 4.79 Å². The Kier molecular flexibility index (Phi) is 5.21. The predicted octanol–water partition coefficient (Wildman–Crippen LogP) is 3.31. The molecule has 0 bridgehead atoms. The first kappa shape index (κ1) is 19.4. The normalized spacial score (nSPS) is 17.8. The molecule has 3 heterocycles. The van der Waals surface area contributed by atoms with Crippen molar-refractivity contribution in [3.63, 3.8) is 0 Å². The molecule has 31 heavy (non-hydrogen) atoms. The molecule has 8 nitrogen and oxygen atoms in total. The summed E-state index contributed by atoms with van der Waals surface area (Å²) in [6, 6.07) is 12.6. The number of carbonyl (C=O) groups is 1. The lowest BCUT2D eigenvalue weighted by atomic mass is 10.1. The third-order valence-corrected chi connectivity index (χ3v) is 5.30. The first-order chi connectivity index (χ1) is 15.2. The number of hydrogen-bond donors (Lipinski definition) is 1. The third-order valence-electron chi connectivity index (χ3n) is 5.30. The number of fused-ring (bicyclic) bond motifs is 2. The van der Waals surface area contributed by atoms with Gasteiger partial charge in [-0.1, -0.05) is 12.1 Å². The van der Waals surface area contributed by atoms with E-state index >= 15 is 0 Å². The lowest BCUT2D eigenvalue weighted by Crippen LogP contribution is -2.34. The lowest BCUT2D eigenvalue weighted by molar-refractivity contribution is 0.0854. The minimum absolute atomic E-state index is 0.0377. The van der Waals surface area contributed by atoms with Gasteiger partial charge in [-0.3, -0.25) is 4.79 Å². The van der Waals surface area contributed by atoms with E-state index in [-0.39, 0.29) is 24.4 Å². The van der Waals surface area contributed by atoms with E-state index in [1.54, 1.807) is 37.4 Å². The maximum atomic E-state index is 13.0. The van der Waals surface area contributed by atoms with Gasteiger partial charge in [0.25, 0.3) is 5.91 Å². The molecular weight excluding hydrogens is 400 g/mol. The van der Waals surface area contributed by atoms with E-state index in [2.05, 4.69) is 10.3 Å². The van der Waals surface area contributed by atoms with Gasteiger partial charge in [-0.25, -0.2) is 4.99 Å². The fraction of sp³-hybridized carbons (Fsp3) is 0.304. The van der Waals surface area contributed by atoms with Crippen molar-refractivity contribution in [3.8, 4) is 17.2 Å². The van der Waals surface area contributed by atoms with Crippen LogP contribution in [0.2, 0.25) is 0 Å². The number of ether oxygens (including phenoxy) is 4. The highest BCUT2D eigenvalue weighted by Crippen LogP contribution is 2.35. The number of methoxy groups -OCH3 is 1. The van der Waals surface area contributed by atoms with Crippen LogP contribution < -0.4 is 25.1 Å². The number of para-hydroxylation sites is 1. The number of rotatable bonds is 5. The summed E-state index contributed by atoms with van der Waals surface area (Å²) in [5, 5.41) is 3.68. The van der Waals surface area contributed by atoms with Crippen LogP contribution in [0.5, 0.6) is 17.2 Å². The van der Waals surface area contributed by atoms with Crippen LogP contribution in [0.25, 0.3) is 11.0 Å². The minimum atomic E-state index is -0.275. The smallest absolute Gasteiger partial charge is 0.256 e. The first-order valence-electron chi connectivity index (χ1n) is 10.2. The number of nitrogens with one attached hydrogen (secondary N) is 1. The molecule has 0 saturated carbocycles. The second-order valence-corrected chi connectivity index (χ2v) is 7.34. The van der Waals surface area contributed by atoms with Crippen LogP contribution in [0.15, 0.2) is 51.9 Å². The summed E-state index contributed by atoms with van der Waals surface area (Å²) in [4.78, 5) is 17.6. The molecular formula is C23H22N2O6. The van der Waals surface area contributed by atoms with Crippen molar-refractivity contribution in [2.75, 3.05) is 27.1 Å². The van der Waals surface area contributed by atoms with Gasteiger partial charge in [0.2, 0.25) is 12.3 Å². The molecule has 3 aromatic rings. The van der Waals surface area contributed by atoms with Crippen molar-refractivity contribution < 1.29 is 28.2 Å². The first-order valence-corrected chi connectivity index (χ1v) is 10.2. The van der Waals surface area contributed by atoms with E-state index in [0.29, 0.717) is 40.6 Å². The molecule has 0 unspecified atom stereocenters. The van der Waals surface area contributed by atoms with Gasteiger partial charge in [0.15, 0.2) is 22.8 Å². The molecule has 2 aliphatic heterocycles. The van der Waals surface area contributed by atoms with Crippen molar-refractivity contribution in [2.45, 2.75) is 18.9 Å². The largest absolute Gasteiger partial charge is 0.493 e. The third kappa shape index (κ3) is 3.94. The van der Waals surface area contributed by atoms with Crippen LogP contribution in [0.3, 0.4) is 0 Å². The van der Waals surface area contributed by atoms with E-state index in [1.807, 2.05) is 12.1 Å². The molecule has 1 amide bonds. The second kappa shape index (κ2) is 8.31. The molecule has 0 spiro atoms. The Bertz CT molecular complexity index is 1200. The molecule has 0 aliphatic carbocycles. The van der Waals surface area contributed by atoms with Gasteiger partial charge < -0.3 is 28.7 Å². The van der Waals surface area contributed by atoms with Gasteiger partial charge in [0.1, 0.15) is 5.56 Å². The van der Waals surface area contributed by atoms with Gasteiger partial charge in [-0.05, 0) is 37.1 Å². The molecule has 1 N–H and O–H groups in total. The Morgan fingerprint density at radius 1 is 1.19 bits per heavy atom. The highest BCUT2D eigenvalue weighted by atomic mass is 16.7. The topological polar surface area (TPSA) is 91.5 Å². The highest BCUT2D eigenvalue weighted by molar-refractivity contribution is 5.97. The summed E-state index contributed by atoms with van der Waals surface area (Å²) >= 11 is 0. The van der Waals surface area contributed by atoms with E-state index < -0.39 is 0 Å². The Morgan fingerprint density at radius 2 is 2.10 bits per heavy atom. The van der Waals surface area contributed by atoms with Crippen molar-refractivity contribution in [1.82, 2.24) is 5.32 Å². The Hall–Kier alpha value is -3.52. The van der Waals surface area contributed by atoms with E-state index in [1.165, 1.54) is 0 Å². The zero-order valence-corrected chi connectivity index (χ0v) is 17.1. The van der Waals surface area contributed by atoms with E-state index in [4.69, 9.17) is 23.4 Å². The molecule has 160 valence electrons. The van der Waals surface area contributed by atoms with E-state index in [0.717, 1.165) is 24.8 Å². The molecule has 1 aromatic heterocycles. The maximum absolute atomic E-state index is 13.0.